The van der Waals surface area contributed by atoms with E-state index in [4.69, 9.17) is 4.74 Å². The Labute approximate surface area is 181 Å². The zero-order chi connectivity index (χ0) is 22.3. The quantitative estimate of drug-likeness (QED) is 0.626. The standard InChI is InChI=1S/C22H25FN2O5S/c23-20-7-3-2-6-18(20)15-24-21(26)16-30-22(27)14-17-8-10-19(11-9-17)31(28,29)25-12-4-1-5-13-25/h2-3,6-11H,1,4-5,12-16H2,(H,24,26). The van der Waals surface area contributed by atoms with Gasteiger partial charge < -0.3 is 10.1 Å². The summed E-state index contributed by atoms with van der Waals surface area (Å²) in [6.45, 7) is 0.565. The molecule has 3 rings (SSSR count). The molecule has 166 valence electrons. The molecule has 1 amide bonds. The van der Waals surface area contributed by atoms with Crippen molar-refractivity contribution in [3.05, 3.63) is 65.5 Å². The predicted molar refractivity (Wildman–Crippen MR) is 112 cm³/mol. The number of carbonyl (C=O) groups excluding carboxylic acids is 2. The van der Waals surface area contributed by atoms with Crippen LogP contribution in [0.1, 0.15) is 30.4 Å². The fourth-order valence-corrected chi connectivity index (χ4v) is 4.80. The largest absolute Gasteiger partial charge is 0.455 e. The monoisotopic (exact) mass is 448 g/mol. The average Bonchev–Trinajstić information content (AvgIpc) is 2.78. The number of esters is 1. The molecule has 2 aromatic rings. The van der Waals surface area contributed by atoms with Crippen LogP contribution in [0, 0.1) is 5.82 Å². The fraction of sp³-hybridized carbons (Fsp3) is 0.364. The average molecular weight is 449 g/mol. The number of piperidine rings is 1. The molecular formula is C22H25FN2O5S. The smallest absolute Gasteiger partial charge is 0.310 e. The van der Waals surface area contributed by atoms with E-state index >= 15 is 0 Å². The summed E-state index contributed by atoms with van der Waals surface area (Å²) in [4.78, 5) is 24.0. The molecule has 9 heteroatoms. The van der Waals surface area contributed by atoms with Gasteiger partial charge >= 0.3 is 5.97 Å². The van der Waals surface area contributed by atoms with E-state index in [0.29, 0.717) is 24.2 Å². The second kappa shape index (κ2) is 10.5. The summed E-state index contributed by atoms with van der Waals surface area (Å²) < 4.78 is 45.3. The summed E-state index contributed by atoms with van der Waals surface area (Å²) in [5, 5.41) is 2.49. The number of nitrogens with zero attached hydrogens (tertiary/aromatic N) is 1. The Bertz CT molecular complexity index is 1020. The van der Waals surface area contributed by atoms with Crippen LogP contribution in [0.5, 0.6) is 0 Å². The van der Waals surface area contributed by atoms with E-state index in [-0.39, 0.29) is 17.9 Å². The second-order valence-corrected chi connectivity index (χ2v) is 9.25. The van der Waals surface area contributed by atoms with Gasteiger partial charge in [-0.05, 0) is 36.6 Å². The molecule has 1 fully saturated rings. The lowest BCUT2D eigenvalue weighted by Gasteiger charge is -2.25. The van der Waals surface area contributed by atoms with E-state index in [1.165, 1.54) is 22.5 Å². The Kier molecular flexibility index (Phi) is 7.75. The van der Waals surface area contributed by atoms with Crippen LogP contribution in [0.25, 0.3) is 0 Å². The first-order valence-corrected chi connectivity index (χ1v) is 11.5. The van der Waals surface area contributed by atoms with Crippen molar-refractivity contribution in [3.63, 3.8) is 0 Å². The van der Waals surface area contributed by atoms with E-state index in [2.05, 4.69) is 5.32 Å². The molecule has 1 N–H and O–H groups in total. The molecule has 0 radical (unpaired) electrons. The van der Waals surface area contributed by atoms with Crippen LogP contribution in [-0.2, 0) is 37.3 Å². The van der Waals surface area contributed by atoms with Gasteiger partial charge in [0.2, 0.25) is 10.0 Å². The van der Waals surface area contributed by atoms with Crippen LogP contribution in [-0.4, -0.2) is 44.3 Å². The summed E-state index contributed by atoms with van der Waals surface area (Å²) in [6.07, 6.45) is 2.66. The summed E-state index contributed by atoms with van der Waals surface area (Å²) in [7, 11) is -3.52. The lowest BCUT2D eigenvalue weighted by Crippen LogP contribution is -2.35. The van der Waals surface area contributed by atoms with Crippen molar-refractivity contribution >= 4 is 21.9 Å². The summed E-state index contributed by atoms with van der Waals surface area (Å²) >= 11 is 0. The number of amides is 1. The third kappa shape index (κ3) is 6.35. The highest BCUT2D eigenvalue weighted by Crippen LogP contribution is 2.21. The zero-order valence-corrected chi connectivity index (χ0v) is 17.9. The van der Waals surface area contributed by atoms with Crippen LogP contribution in [0.4, 0.5) is 4.39 Å². The van der Waals surface area contributed by atoms with Gasteiger partial charge in [0.15, 0.2) is 6.61 Å². The summed E-state index contributed by atoms with van der Waals surface area (Å²) in [5.41, 5.74) is 0.913. The molecule has 7 nitrogen and oxygen atoms in total. The first-order valence-electron chi connectivity index (χ1n) is 10.1. The molecular weight excluding hydrogens is 423 g/mol. The first-order chi connectivity index (χ1) is 14.9. The van der Waals surface area contributed by atoms with E-state index in [0.717, 1.165) is 19.3 Å². The van der Waals surface area contributed by atoms with Crippen LogP contribution in [0.15, 0.2) is 53.4 Å². The van der Waals surface area contributed by atoms with E-state index in [1.54, 1.807) is 30.3 Å². The molecule has 1 heterocycles. The molecule has 0 unspecified atom stereocenters. The molecule has 0 aromatic heterocycles. The van der Waals surface area contributed by atoms with Crippen molar-refractivity contribution in [2.45, 2.75) is 37.1 Å². The molecule has 1 aliphatic rings. The minimum absolute atomic E-state index is 0.00396. The Morgan fingerprint density at radius 2 is 1.68 bits per heavy atom. The second-order valence-electron chi connectivity index (χ2n) is 7.31. The molecule has 0 bridgehead atoms. The first kappa shape index (κ1) is 22.9. The van der Waals surface area contributed by atoms with Crippen molar-refractivity contribution in [2.75, 3.05) is 19.7 Å². The Morgan fingerprint density at radius 1 is 1.00 bits per heavy atom. The summed E-state index contributed by atoms with van der Waals surface area (Å²) in [6, 6.07) is 12.2. The molecule has 1 saturated heterocycles. The van der Waals surface area contributed by atoms with Gasteiger partial charge in [0.1, 0.15) is 5.82 Å². The number of hydrogen-bond donors (Lipinski definition) is 1. The minimum atomic E-state index is -3.52. The number of halogens is 1. The molecule has 0 atom stereocenters. The van der Waals surface area contributed by atoms with Crippen molar-refractivity contribution in [1.82, 2.24) is 9.62 Å². The highest BCUT2D eigenvalue weighted by Gasteiger charge is 2.25. The predicted octanol–water partition coefficient (Wildman–Crippen LogP) is 2.40. The molecule has 31 heavy (non-hydrogen) atoms. The lowest BCUT2D eigenvalue weighted by atomic mass is 10.1. The van der Waals surface area contributed by atoms with Crippen LogP contribution in [0.2, 0.25) is 0 Å². The molecule has 0 spiro atoms. The molecule has 1 aliphatic heterocycles. The van der Waals surface area contributed by atoms with Gasteiger partial charge in [0, 0.05) is 25.2 Å². The zero-order valence-electron chi connectivity index (χ0n) is 17.1. The SMILES string of the molecule is O=C(COC(=O)Cc1ccc(S(=O)(=O)N2CCCCC2)cc1)NCc1ccccc1F. The van der Waals surface area contributed by atoms with Gasteiger partial charge in [0.25, 0.3) is 5.91 Å². The molecule has 0 saturated carbocycles. The lowest BCUT2D eigenvalue weighted by molar-refractivity contribution is -0.147. The number of nitrogens with one attached hydrogen (secondary N) is 1. The number of sulfonamides is 1. The van der Waals surface area contributed by atoms with Gasteiger partial charge in [-0.3, -0.25) is 9.59 Å². The fourth-order valence-electron chi connectivity index (χ4n) is 3.28. The third-order valence-electron chi connectivity index (χ3n) is 5.02. The van der Waals surface area contributed by atoms with Crippen molar-refractivity contribution in [1.29, 1.82) is 0 Å². The minimum Gasteiger partial charge on any atom is -0.455 e. The number of ether oxygens (including phenoxy) is 1. The van der Waals surface area contributed by atoms with Crippen LogP contribution in [0.3, 0.4) is 0 Å². The Morgan fingerprint density at radius 3 is 2.35 bits per heavy atom. The van der Waals surface area contributed by atoms with Crippen molar-refractivity contribution in [3.8, 4) is 0 Å². The number of hydrogen-bond acceptors (Lipinski definition) is 5. The Balaban J connectivity index is 1.46. The van der Waals surface area contributed by atoms with E-state index in [9.17, 15) is 22.4 Å². The van der Waals surface area contributed by atoms with Gasteiger partial charge in [-0.2, -0.15) is 4.31 Å². The summed E-state index contributed by atoms with van der Waals surface area (Å²) in [5.74, 6) is -1.59. The van der Waals surface area contributed by atoms with Gasteiger partial charge in [-0.15, -0.1) is 0 Å². The molecule has 0 aliphatic carbocycles. The maximum atomic E-state index is 13.5. The van der Waals surface area contributed by atoms with Gasteiger partial charge in [-0.25, -0.2) is 12.8 Å². The highest BCUT2D eigenvalue weighted by molar-refractivity contribution is 7.89. The van der Waals surface area contributed by atoms with Crippen molar-refractivity contribution in [2.24, 2.45) is 0 Å². The van der Waals surface area contributed by atoms with Crippen molar-refractivity contribution < 1.29 is 27.1 Å². The maximum absolute atomic E-state index is 13.5. The van der Waals surface area contributed by atoms with E-state index in [1.807, 2.05) is 0 Å². The topological polar surface area (TPSA) is 92.8 Å². The number of benzene rings is 2. The Hall–Kier alpha value is -2.78. The normalized spacial score (nSPS) is 14.7. The van der Waals surface area contributed by atoms with E-state index < -0.39 is 34.3 Å². The van der Waals surface area contributed by atoms with Gasteiger partial charge in [0.05, 0.1) is 11.3 Å². The maximum Gasteiger partial charge on any atom is 0.310 e. The molecule has 2 aromatic carbocycles. The third-order valence-corrected chi connectivity index (χ3v) is 6.94. The van der Waals surface area contributed by atoms with Crippen LogP contribution < -0.4 is 5.32 Å². The van der Waals surface area contributed by atoms with Gasteiger partial charge in [-0.1, -0.05) is 36.8 Å². The van der Waals surface area contributed by atoms with Crippen LogP contribution >= 0.6 is 0 Å². The number of rotatable bonds is 8. The number of carbonyl (C=O) groups is 2. The highest BCUT2D eigenvalue weighted by atomic mass is 32.2.